The Balaban J connectivity index is 1.30. The lowest BCUT2D eigenvalue weighted by Gasteiger charge is -2.21. The number of allylic oxidation sites excluding steroid dienone is 2. The van der Waals surface area contributed by atoms with Gasteiger partial charge < -0.3 is 16.4 Å². The molecule has 218 valence electrons. The molecule has 10 heteroatoms. The topological polar surface area (TPSA) is 115 Å². The highest BCUT2D eigenvalue weighted by atomic mass is 32.2. The van der Waals surface area contributed by atoms with E-state index in [4.69, 9.17) is 5.73 Å². The number of fused-ring (bicyclic) bond motifs is 2. The van der Waals surface area contributed by atoms with Gasteiger partial charge in [0.05, 0.1) is 18.8 Å². The molecule has 1 amide bonds. The summed E-state index contributed by atoms with van der Waals surface area (Å²) < 4.78 is 2.58. The number of thiophene rings is 1. The third kappa shape index (κ3) is 6.29. The van der Waals surface area contributed by atoms with Crippen molar-refractivity contribution in [2.24, 2.45) is 0 Å². The Morgan fingerprint density at radius 2 is 2.02 bits per heavy atom. The number of aryl methyl sites for hydroxylation is 1. The molecule has 1 aliphatic rings. The molecule has 0 saturated carbocycles. The number of amides is 1. The second-order valence-corrected chi connectivity index (χ2v) is 12.6. The van der Waals surface area contributed by atoms with Crippen LogP contribution in [0.15, 0.2) is 76.2 Å². The number of hydrogen-bond donors (Lipinski definition) is 3. The zero-order valence-electron chi connectivity index (χ0n) is 24.3. The number of nitrogens with two attached hydrogens (primary N) is 1. The highest BCUT2D eigenvalue weighted by Gasteiger charge is 2.31. The summed E-state index contributed by atoms with van der Waals surface area (Å²) >= 11 is 3.29. The molecule has 2 atom stereocenters. The summed E-state index contributed by atoms with van der Waals surface area (Å²) in [7, 11) is 0. The zero-order valence-corrected chi connectivity index (χ0v) is 25.9. The number of hydrogen-bond acceptors (Lipinski definition) is 8. The van der Waals surface area contributed by atoms with Gasteiger partial charge in [0, 0.05) is 37.4 Å². The molecular weight excluding hydrogens is 565 g/mol. The molecule has 5 rings (SSSR count). The van der Waals surface area contributed by atoms with E-state index in [0.717, 1.165) is 26.3 Å². The van der Waals surface area contributed by atoms with E-state index in [1.165, 1.54) is 16.0 Å². The van der Waals surface area contributed by atoms with E-state index >= 15 is 0 Å². The summed E-state index contributed by atoms with van der Waals surface area (Å²) in [6.07, 6.45) is 7.49. The number of pyridine rings is 1. The van der Waals surface area contributed by atoms with Crippen LogP contribution in [0.25, 0.3) is 15.0 Å². The minimum absolute atomic E-state index is 0.137. The molecule has 4 N–H and O–H groups in total. The van der Waals surface area contributed by atoms with Gasteiger partial charge in [-0.3, -0.25) is 14.2 Å². The fourth-order valence-electron chi connectivity index (χ4n) is 5.10. The van der Waals surface area contributed by atoms with Gasteiger partial charge in [-0.25, -0.2) is 9.97 Å². The Bertz CT molecular complexity index is 1720. The van der Waals surface area contributed by atoms with Crippen molar-refractivity contribution in [1.29, 1.82) is 0 Å². The number of nitrogens with zero attached hydrogens (tertiary/aromatic N) is 3. The SMILES string of the molecule is C/C=C(\SC(=C(C)CC)c1ccccc1)C(C)Nc1cnc2n(c1=O)C(C(=O)NCc1cc3cnc(N)cc3s1)CC2. The van der Waals surface area contributed by atoms with Crippen LogP contribution in [-0.2, 0) is 17.8 Å². The maximum absolute atomic E-state index is 13.7. The van der Waals surface area contributed by atoms with Crippen LogP contribution in [0.5, 0.6) is 0 Å². The first-order chi connectivity index (χ1) is 20.3. The van der Waals surface area contributed by atoms with Gasteiger partial charge >= 0.3 is 0 Å². The van der Waals surface area contributed by atoms with Crippen molar-refractivity contribution in [2.75, 3.05) is 11.1 Å². The zero-order chi connectivity index (χ0) is 29.8. The van der Waals surface area contributed by atoms with Crippen LogP contribution in [0.2, 0.25) is 0 Å². The maximum Gasteiger partial charge on any atom is 0.277 e. The van der Waals surface area contributed by atoms with Crippen molar-refractivity contribution in [3.8, 4) is 0 Å². The van der Waals surface area contributed by atoms with Gasteiger partial charge in [0.25, 0.3) is 5.56 Å². The monoisotopic (exact) mass is 600 g/mol. The quantitative estimate of drug-likeness (QED) is 0.190. The van der Waals surface area contributed by atoms with Crippen molar-refractivity contribution >= 4 is 55.5 Å². The number of nitrogen functional groups attached to an aromatic ring is 1. The summed E-state index contributed by atoms with van der Waals surface area (Å²) in [5.74, 6) is 0.919. The van der Waals surface area contributed by atoms with Crippen molar-refractivity contribution in [3.05, 3.63) is 98.0 Å². The highest BCUT2D eigenvalue weighted by Crippen LogP contribution is 2.39. The Morgan fingerprint density at radius 1 is 1.24 bits per heavy atom. The van der Waals surface area contributed by atoms with Gasteiger partial charge in [-0.05, 0) is 51.3 Å². The van der Waals surface area contributed by atoms with Crippen LogP contribution in [0.4, 0.5) is 11.5 Å². The first-order valence-electron chi connectivity index (χ1n) is 14.2. The molecule has 8 nitrogen and oxygen atoms in total. The lowest BCUT2D eigenvalue weighted by atomic mass is 10.1. The average Bonchev–Trinajstić information content (AvgIpc) is 3.62. The number of carbonyl (C=O) groups is 1. The maximum atomic E-state index is 13.7. The van der Waals surface area contributed by atoms with Crippen molar-refractivity contribution < 1.29 is 4.79 Å². The normalized spacial score (nSPS) is 16.2. The molecular formula is C32H36N6O2S2. The fraction of sp³-hybridized carbons (Fsp3) is 0.312. The van der Waals surface area contributed by atoms with Gasteiger partial charge in [0.2, 0.25) is 5.91 Å². The van der Waals surface area contributed by atoms with E-state index in [-0.39, 0.29) is 17.5 Å². The summed E-state index contributed by atoms with van der Waals surface area (Å²) in [5, 5.41) is 7.40. The number of rotatable bonds is 10. The summed E-state index contributed by atoms with van der Waals surface area (Å²) in [4.78, 5) is 39.0. The number of aromatic nitrogens is 3. The molecule has 0 fully saturated rings. The van der Waals surface area contributed by atoms with E-state index in [1.54, 1.807) is 40.1 Å². The average molecular weight is 601 g/mol. The molecule has 3 aromatic heterocycles. The van der Waals surface area contributed by atoms with E-state index in [9.17, 15) is 9.59 Å². The smallest absolute Gasteiger partial charge is 0.277 e. The van der Waals surface area contributed by atoms with E-state index in [1.807, 2.05) is 32.0 Å². The molecule has 0 spiro atoms. The molecule has 2 unspecified atom stereocenters. The van der Waals surface area contributed by atoms with Crippen LogP contribution < -0.4 is 21.9 Å². The van der Waals surface area contributed by atoms with Gasteiger partial charge in [0.1, 0.15) is 23.4 Å². The molecule has 0 saturated heterocycles. The van der Waals surface area contributed by atoms with Gasteiger partial charge in [-0.1, -0.05) is 60.7 Å². The molecule has 42 heavy (non-hydrogen) atoms. The molecule has 4 aromatic rings. The van der Waals surface area contributed by atoms with Crippen LogP contribution >= 0.6 is 23.1 Å². The van der Waals surface area contributed by atoms with Crippen LogP contribution in [0, 0.1) is 0 Å². The molecule has 0 aliphatic carbocycles. The van der Waals surface area contributed by atoms with E-state index in [0.29, 0.717) is 36.7 Å². The Labute approximate surface area is 254 Å². The summed E-state index contributed by atoms with van der Waals surface area (Å²) in [6.45, 7) is 8.76. The van der Waals surface area contributed by atoms with E-state index in [2.05, 4.69) is 64.8 Å². The number of thioether (sulfide) groups is 1. The first-order valence-corrected chi connectivity index (χ1v) is 15.8. The van der Waals surface area contributed by atoms with E-state index < -0.39 is 6.04 Å². The largest absolute Gasteiger partial charge is 0.384 e. The summed E-state index contributed by atoms with van der Waals surface area (Å²) in [6, 6.07) is 13.5. The molecule has 0 radical (unpaired) electrons. The Morgan fingerprint density at radius 3 is 2.76 bits per heavy atom. The van der Waals surface area contributed by atoms with Crippen molar-refractivity contribution in [1.82, 2.24) is 19.9 Å². The first kappa shape index (κ1) is 29.6. The lowest BCUT2D eigenvalue weighted by Crippen LogP contribution is -2.37. The molecule has 1 aromatic carbocycles. The minimum atomic E-state index is -0.598. The molecule has 0 bridgehead atoms. The minimum Gasteiger partial charge on any atom is -0.384 e. The second-order valence-electron chi connectivity index (χ2n) is 10.4. The predicted molar refractivity (Wildman–Crippen MR) is 175 cm³/mol. The number of benzene rings is 1. The third-order valence-corrected chi connectivity index (χ3v) is 10.2. The Kier molecular flexibility index (Phi) is 9.13. The third-order valence-electron chi connectivity index (χ3n) is 7.49. The molecule has 1 aliphatic heterocycles. The number of anilines is 2. The number of nitrogens with one attached hydrogen (secondary N) is 2. The Hall–Kier alpha value is -3.89. The fourth-order valence-corrected chi connectivity index (χ4v) is 7.28. The molecule has 4 heterocycles. The highest BCUT2D eigenvalue weighted by molar-refractivity contribution is 8.11. The lowest BCUT2D eigenvalue weighted by molar-refractivity contribution is -0.124. The van der Waals surface area contributed by atoms with Crippen LogP contribution in [-0.4, -0.2) is 26.5 Å². The second kappa shape index (κ2) is 13.0. The number of carbonyl (C=O) groups excluding carboxylic acids is 1. The van der Waals surface area contributed by atoms with Gasteiger partial charge in [0.15, 0.2) is 0 Å². The van der Waals surface area contributed by atoms with Crippen molar-refractivity contribution in [3.63, 3.8) is 0 Å². The van der Waals surface area contributed by atoms with Crippen LogP contribution in [0.3, 0.4) is 0 Å². The van der Waals surface area contributed by atoms with Gasteiger partial charge in [-0.15, -0.1) is 11.3 Å². The summed E-state index contributed by atoms with van der Waals surface area (Å²) in [5.41, 5.74) is 8.45. The standard InChI is InChI=1S/C32H36N6O2S2/c1-5-19(3)30(21-10-8-7-9-11-21)42-26(6-2)20(4)37-24-18-35-29-13-12-25(38(29)32(24)40)31(39)36-17-23-14-22-16-34-28(33)15-27(22)41-23/h6-11,14-16,18,20,25,37H,5,12-13,17H2,1-4H3,(H2,33,34)(H,36,39)/b26-6-,30-19?. The van der Waals surface area contributed by atoms with Crippen molar-refractivity contribution in [2.45, 2.75) is 65.6 Å². The van der Waals surface area contributed by atoms with Crippen LogP contribution in [0.1, 0.15) is 62.8 Å². The van der Waals surface area contributed by atoms with Gasteiger partial charge in [-0.2, -0.15) is 0 Å². The predicted octanol–water partition coefficient (Wildman–Crippen LogP) is 6.52.